The quantitative estimate of drug-likeness (QED) is 0.564. The molecular formula is C10H22N4. The third-order valence-electron chi connectivity index (χ3n) is 1.78. The summed E-state index contributed by atoms with van der Waals surface area (Å²) in [7, 11) is 1.94. The fourth-order valence-corrected chi connectivity index (χ4v) is 0.956. The predicted octanol–water partition coefficient (Wildman–Crippen LogP) is 1.23. The molecule has 0 saturated carbocycles. The van der Waals surface area contributed by atoms with Gasteiger partial charge in [-0.1, -0.05) is 26.2 Å². The molecule has 0 aromatic carbocycles. The van der Waals surface area contributed by atoms with Gasteiger partial charge in [0.15, 0.2) is 0 Å². The first-order chi connectivity index (χ1) is 6.66. The summed E-state index contributed by atoms with van der Waals surface area (Å²) in [6.07, 6.45) is 9.93. The zero-order valence-corrected chi connectivity index (χ0v) is 9.19. The van der Waals surface area contributed by atoms with Crippen molar-refractivity contribution in [1.82, 2.24) is 9.55 Å². The van der Waals surface area contributed by atoms with E-state index in [0.29, 0.717) is 0 Å². The smallest absolute Gasteiger partial charge is 0.0943 e. The van der Waals surface area contributed by atoms with E-state index >= 15 is 0 Å². The van der Waals surface area contributed by atoms with Crippen LogP contribution in [0.3, 0.4) is 0 Å². The van der Waals surface area contributed by atoms with E-state index in [9.17, 15) is 0 Å². The number of hydrogen-bond donors (Lipinski definition) is 2. The Morgan fingerprint density at radius 1 is 1.36 bits per heavy atom. The minimum atomic E-state index is -0.0958. The van der Waals surface area contributed by atoms with Crippen LogP contribution in [0.4, 0.5) is 0 Å². The number of nitrogens with zero attached hydrogens (tertiary/aromatic N) is 2. The van der Waals surface area contributed by atoms with Crippen molar-refractivity contribution in [2.45, 2.75) is 38.8 Å². The molecule has 0 aliphatic rings. The molecular weight excluding hydrogens is 176 g/mol. The SMILES string of the molecule is CCCCCC(N)N.Cn1ccnc1. The Morgan fingerprint density at radius 2 is 2.07 bits per heavy atom. The van der Waals surface area contributed by atoms with E-state index in [1.54, 1.807) is 12.5 Å². The van der Waals surface area contributed by atoms with Crippen molar-refractivity contribution in [1.29, 1.82) is 0 Å². The average Bonchev–Trinajstić information content (AvgIpc) is 2.57. The van der Waals surface area contributed by atoms with Crippen LogP contribution in [-0.2, 0) is 7.05 Å². The van der Waals surface area contributed by atoms with E-state index in [0.717, 1.165) is 6.42 Å². The number of hydrogen-bond acceptors (Lipinski definition) is 3. The number of aromatic nitrogens is 2. The van der Waals surface area contributed by atoms with Gasteiger partial charge in [-0.2, -0.15) is 0 Å². The minimum Gasteiger partial charge on any atom is -0.341 e. The number of rotatable bonds is 4. The van der Waals surface area contributed by atoms with Crippen molar-refractivity contribution < 1.29 is 0 Å². The van der Waals surface area contributed by atoms with Crippen LogP contribution in [0.1, 0.15) is 32.6 Å². The third kappa shape index (κ3) is 9.22. The molecule has 1 heterocycles. The Balaban J connectivity index is 0.000000249. The molecule has 4 nitrogen and oxygen atoms in total. The molecule has 0 fully saturated rings. The molecule has 1 aromatic rings. The highest BCUT2D eigenvalue weighted by molar-refractivity contribution is 4.70. The summed E-state index contributed by atoms with van der Waals surface area (Å²) in [5.41, 5.74) is 10.6. The standard InChI is InChI=1S/C6H16N2.C4H6N2/c1-2-3-4-5-6(7)8;1-6-3-2-5-4-6/h6H,2-5,7-8H2,1H3;2-4H,1H3. The van der Waals surface area contributed by atoms with E-state index in [4.69, 9.17) is 11.5 Å². The van der Waals surface area contributed by atoms with Crippen LogP contribution < -0.4 is 11.5 Å². The largest absolute Gasteiger partial charge is 0.341 e. The molecule has 0 atom stereocenters. The Hall–Kier alpha value is -0.870. The van der Waals surface area contributed by atoms with Crippen molar-refractivity contribution in [2.24, 2.45) is 18.5 Å². The lowest BCUT2D eigenvalue weighted by molar-refractivity contribution is 0.575. The van der Waals surface area contributed by atoms with Crippen molar-refractivity contribution >= 4 is 0 Å². The molecule has 14 heavy (non-hydrogen) atoms. The Kier molecular flexibility index (Phi) is 8.17. The van der Waals surface area contributed by atoms with E-state index in [2.05, 4.69) is 11.9 Å². The molecule has 0 aliphatic heterocycles. The number of nitrogens with two attached hydrogens (primary N) is 2. The second-order valence-corrected chi connectivity index (χ2v) is 3.39. The van der Waals surface area contributed by atoms with E-state index < -0.39 is 0 Å². The maximum Gasteiger partial charge on any atom is 0.0943 e. The normalized spacial score (nSPS) is 9.79. The molecule has 0 aliphatic carbocycles. The summed E-state index contributed by atoms with van der Waals surface area (Å²) >= 11 is 0. The lowest BCUT2D eigenvalue weighted by Crippen LogP contribution is -2.29. The van der Waals surface area contributed by atoms with Crippen molar-refractivity contribution in [3.63, 3.8) is 0 Å². The fourth-order valence-electron chi connectivity index (χ4n) is 0.956. The van der Waals surface area contributed by atoms with E-state index in [-0.39, 0.29) is 6.17 Å². The first-order valence-electron chi connectivity index (χ1n) is 5.10. The maximum absolute atomic E-state index is 5.31. The van der Waals surface area contributed by atoms with Crippen LogP contribution in [-0.4, -0.2) is 15.7 Å². The molecule has 0 saturated heterocycles. The number of unbranched alkanes of at least 4 members (excludes halogenated alkanes) is 2. The highest BCUT2D eigenvalue weighted by Gasteiger charge is 1.90. The zero-order chi connectivity index (χ0) is 10.8. The Bertz CT molecular complexity index is 194. The van der Waals surface area contributed by atoms with Gasteiger partial charge in [0.1, 0.15) is 0 Å². The van der Waals surface area contributed by atoms with Gasteiger partial charge in [0, 0.05) is 19.4 Å². The molecule has 4 N–H and O–H groups in total. The van der Waals surface area contributed by atoms with Crippen LogP contribution in [0.2, 0.25) is 0 Å². The van der Waals surface area contributed by atoms with Gasteiger partial charge < -0.3 is 16.0 Å². The van der Waals surface area contributed by atoms with E-state index in [1.807, 2.05) is 17.8 Å². The molecule has 0 unspecified atom stereocenters. The van der Waals surface area contributed by atoms with Crippen molar-refractivity contribution in [3.05, 3.63) is 18.7 Å². The molecule has 4 heteroatoms. The average molecular weight is 198 g/mol. The molecule has 82 valence electrons. The lowest BCUT2D eigenvalue weighted by atomic mass is 10.2. The van der Waals surface area contributed by atoms with Gasteiger partial charge in [0.05, 0.1) is 12.5 Å². The second kappa shape index (κ2) is 8.72. The highest BCUT2D eigenvalue weighted by Crippen LogP contribution is 1.97. The number of imidazole rings is 1. The van der Waals surface area contributed by atoms with Gasteiger partial charge in [-0.25, -0.2) is 4.98 Å². The maximum atomic E-state index is 5.31. The Morgan fingerprint density at radius 3 is 2.36 bits per heavy atom. The summed E-state index contributed by atoms with van der Waals surface area (Å²) in [4.78, 5) is 3.78. The summed E-state index contributed by atoms with van der Waals surface area (Å²) in [6.45, 7) is 2.17. The summed E-state index contributed by atoms with van der Waals surface area (Å²) < 4.78 is 1.89. The van der Waals surface area contributed by atoms with Crippen molar-refractivity contribution in [3.8, 4) is 0 Å². The van der Waals surface area contributed by atoms with Crippen molar-refractivity contribution in [2.75, 3.05) is 0 Å². The van der Waals surface area contributed by atoms with Gasteiger partial charge in [-0.05, 0) is 6.42 Å². The van der Waals surface area contributed by atoms with Gasteiger partial charge in [-0.15, -0.1) is 0 Å². The highest BCUT2D eigenvalue weighted by atomic mass is 15.0. The van der Waals surface area contributed by atoms with Crippen LogP contribution >= 0.6 is 0 Å². The zero-order valence-electron chi connectivity index (χ0n) is 9.19. The van der Waals surface area contributed by atoms with Gasteiger partial charge in [0.2, 0.25) is 0 Å². The summed E-state index contributed by atoms with van der Waals surface area (Å²) in [5.74, 6) is 0. The van der Waals surface area contributed by atoms with Crippen LogP contribution in [0, 0.1) is 0 Å². The molecule has 0 amide bonds. The summed E-state index contributed by atoms with van der Waals surface area (Å²) in [5, 5.41) is 0. The van der Waals surface area contributed by atoms with Crippen LogP contribution in [0.15, 0.2) is 18.7 Å². The lowest BCUT2D eigenvalue weighted by Gasteiger charge is -2.01. The summed E-state index contributed by atoms with van der Waals surface area (Å²) in [6, 6.07) is 0. The van der Waals surface area contributed by atoms with Gasteiger partial charge in [0.25, 0.3) is 0 Å². The Labute approximate surface area is 86.3 Å². The molecule has 1 rings (SSSR count). The molecule has 0 spiro atoms. The topological polar surface area (TPSA) is 69.9 Å². The molecule has 0 radical (unpaired) electrons. The first kappa shape index (κ1) is 13.1. The van der Waals surface area contributed by atoms with Crippen LogP contribution in [0.25, 0.3) is 0 Å². The molecule has 0 bridgehead atoms. The second-order valence-electron chi connectivity index (χ2n) is 3.39. The number of aryl methyl sites for hydroxylation is 1. The fraction of sp³-hybridized carbons (Fsp3) is 0.700. The minimum absolute atomic E-state index is 0.0958. The molecule has 1 aromatic heterocycles. The monoisotopic (exact) mass is 198 g/mol. The van der Waals surface area contributed by atoms with Crippen LogP contribution in [0.5, 0.6) is 0 Å². The first-order valence-corrected chi connectivity index (χ1v) is 5.10. The van der Waals surface area contributed by atoms with E-state index in [1.165, 1.54) is 19.3 Å². The van der Waals surface area contributed by atoms with Gasteiger partial charge >= 0.3 is 0 Å². The third-order valence-corrected chi connectivity index (χ3v) is 1.78. The predicted molar refractivity (Wildman–Crippen MR) is 59.5 cm³/mol. The van der Waals surface area contributed by atoms with Gasteiger partial charge in [-0.3, -0.25) is 0 Å².